The second-order valence-corrected chi connectivity index (χ2v) is 6.83. The Morgan fingerprint density at radius 1 is 1.35 bits per heavy atom. The van der Waals surface area contributed by atoms with Crippen molar-refractivity contribution in [3.63, 3.8) is 0 Å². The van der Waals surface area contributed by atoms with Crippen LogP contribution in [-0.2, 0) is 0 Å². The largest absolute Gasteiger partial charge is 0.368 e. The average molecular weight is 319 g/mol. The van der Waals surface area contributed by atoms with Crippen molar-refractivity contribution in [3.8, 4) is 0 Å². The van der Waals surface area contributed by atoms with Gasteiger partial charge < -0.3 is 10.2 Å². The summed E-state index contributed by atoms with van der Waals surface area (Å²) in [7, 11) is 2.21. The number of likely N-dealkylation sites (tertiary alicyclic amines) is 1. The first-order valence-corrected chi connectivity index (χ1v) is 9.29. The minimum atomic E-state index is 0.470. The zero-order valence-corrected chi connectivity index (χ0v) is 15.4. The molecule has 1 saturated heterocycles. The highest BCUT2D eigenvalue weighted by Crippen LogP contribution is 2.30. The van der Waals surface area contributed by atoms with Gasteiger partial charge in [0.05, 0.1) is 0 Å². The Hall–Kier alpha value is -1.13. The van der Waals surface area contributed by atoms with Crippen LogP contribution >= 0.6 is 0 Å². The molecule has 1 fully saturated rings. The molecular weight excluding hydrogens is 284 g/mol. The molecule has 0 aromatic carbocycles. The molecule has 23 heavy (non-hydrogen) atoms. The van der Waals surface area contributed by atoms with Crippen molar-refractivity contribution in [2.75, 3.05) is 38.5 Å². The van der Waals surface area contributed by atoms with Crippen molar-refractivity contribution in [3.05, 3.63) is 23.9 Å². The van der Waals surface area contributed by atoms with Gasteiger partial charge in [-0.3, -0.25) is 4.90 Å². The second-order valence-electron chi connectivity index (χ2n) is 6.83. The van der Waals surface area contributed by atoms with Crippen LogP contribution < -0.4 is 5.32 Å². The number of anilines is 1. The maximum Gasteiger partial charge on any atom is 0.126 e. The molecule has 0 bridgehead atoms. The van der Waals surface area contributed by atoms with Gasteiger partial charge in [-0.25, -0.2) is 4.98 Å². The Morgan fingerprint density at radius 3 is 2.70 bits per heavy atom. The number of nitrogens with one attached hydrogen (secondary N) is 1. The van der Waals surface area contributed by atoms with Gasteiger partial charge in [0.2, 0.25) is 0 Å². The van der Waals surface area contributed by atoms with Crippen LogP contribution in [0.25, 0.3) is 0 Å². The summed E-state index contributed by atoms with van der Waals surface area (Å²) < 4.78 is 0. The van der Waals surface area contributed by atoms with E-state index < -0.39 is 0 Å². The summed E-state index contributed by atoms with van der Waals surface area (Å²) in [6.45, 7) is 11.4. The molecule has 1 aliphatic rings. The molecule has 1 aromatic heterocycles. The number of rotatable bonds is 9. The minimum absolute atomic E-state index is 0.470. The van der Waals surface area contributed by atoms with Crippen molar-refractivity contribution in [2.45, 2.75) is 58.5 Å². The van der Waals surface area contributed by atoms with Gasteiger partial charge in [-0.15, -0.1) is 0 Å². The van der Waals surface area contributed by atoms with Crippen LogP contribution in [0.1, 0.15) is 58.1 Å². The standard InChI is InChI=1S/C19H34N4/c1-5-23(6-2)14-7-9-16(3)21-19-12-11-17(15-20-19)18-10-8-13-22(18)4/h11-12,15-16,18H,5-10,13-14H2,1-4H3,(H,20,21). The molecule has 0 aliphatic carbocycles. The number of nitrogens with zero attached hydrogens (tertiary/aromatic N) is 3. The molecule has 130 valence electrons. The molecule has 0 saturated carbocycles. The Balaban J connectivity index is 1.76. The normalized spacial score (nSPS) is 20.1. The van der Waals surface area contributed by atoms with Crippen LogP contribution in [0.15, 0.2) is 18.3 Å². The maximum atomic E-state index is 4.63. The minimum Gasteiger partial charge on any atom is -0.368 e. The van der Waals surface area contributed by atoms with Gasteiger partial charge in [-0.2, -0.15) is 0 Å². The molecule has 1 aliphatic heterocycles. The quantitative estimate of drug-likeness (QED) is 0.751. The van der Waals surface area contributed by atoms with E-state index >= 15 is 0 Å². The van der Waals surface area contributed by atoms with Crippen LogP contribution in [0.2, 0.25) is 0 Å². The smallest absolute Gasteiger partial charge is 0.126 e. The molecule has 4 heteroatoms. The third-order valence-electron chi connectivity index (χ3n) is 5.09. The van der Waals surface area contributed by atoms with E-state index in [-0.39, 0.29) is 0 Å². The maximum absolute atomic E-state index is 4.63. The summed E-state index contributed by atoms with van der Waals surface area (Å²) in [6.07, 6.45) is 7.03. The summed E-state index contributed by atoms with van der Waals surface area (Å²) in [4.78, 5) is 9.54. The molecule has 2 atom stereocenters. The number of hydrogen-bond donors (Lipinski definition) is 1. The molecule has 2 unspecified atom stereocenters. The van der Waals surface area contributed by atoms with Gasteiger partial charge in [-0.1, -0.05) is 19.9 Å². The number of hydrogen-bond acceptors (Lipinski definition) is 4. The molecule has 1 N–H and O–H groups in total. The fourth-order valence-electron chi connectivity index (χ4n) is 3.50. The van der Waals surface area contributed by atoms with Gasteiger partial charge in [0.25, 0.3) is 0 Å². The topological polar surface area (TPSA) is 31.4 Å². The molecule has 2 heterocycles. The first kappa shape index (κ1) is 18.2. The van der Waals surface area contributed by atoms with E-state index in [1.165, 1.54) is 44.3 Å². The van der Waals surface area contributed by atoms with Gasteiger partial charge in [0, 0.05) is 18.3 Å². The van der Waals surface area contributed by atoms with Crippen molar-refractivity contribution in [1.29, 1.82) is 0 Å². The zero-order valence-electron chi connectivity index (χ0n) is 15.4. The Bertz CT molecular complexity index is 441. The molecule has 4 nitrogen and oxygen atoms in total. The van der Waals surface area contributed by atoms with Gasteiger partial charge >= 0.3 is 0 Å². The van der Waals surface area contributed by atoms with E-state index in [0.29, 0.717) is 12.1 Å². The van der Waals surface area contributed by atoms with E-state index in [2.05, 4.69) is 66.2 Å². The van der Waals surface area contributed by atoms with E-state index in [0.717, 1.165) is 18.9 Å². The number of aromatic nitrogens is 1. The van der Waals surface area contributed by atoms with Gasteiger partial charge in [-0.05, 0) is 77.5 Å². The molecule has 2 rings (SSSR count). The summed E-state index contributed by atoms with van der Waals surface area (Å²) in [5.74, 6) is 1.00. The third-order valence-corrected chi connectivity index (χ3v) is 5.09. The van der Waals surface area contributed by atoms with Crippen molar-refractivity contribution in [1.82, 2.24) is 14.8 Å². The SMILES string of the molecule is CCN(CC)CCCC(C)Nc1ccc(C2CCCN2C)cn1. The van der Waals surface area contributed by atoms with Crippen molar-refractivity contribution >= 4 is 5.82 Å². The summed E-state index contributed by atoms with van der Waals surface area (Å²) in [6, 6.07) is 5.41. The molecule has 0 amide bonds. The van der Waals surface area contributed by atoms with Gasteiger partial charge in [0.1, 0.15) is 5.82 Å². The van der Waals surface area contributed by atoms with Crippen LogP contribution in [0, 0.1) is 0 Å². The predicted octanol–water partition coefficient (Wildman–Crippen LogP) is 3.77. The highest BCUT2D eigenvalue weighted by Gasteiger charge is 2.22. The summed E-state index contributed by atoms with van der Waals surface area (Å²) in [5.41, 5.74) is 1.35. The lowest BCUT2D eigenvalue weighted by atomic mass is 10.1. The number of pyridine rings is 1. The van der Waals surface area contributed by atoms with Crippen LogP contribution in [0.3, 0.4) is 0 Å². The van der Waals surface area contributed by atoms with Gasteiger partial charge in [0.15, 0.2) is 0 Å². The second kappa shape index (κ2) is 9.24. The van der Waals surface area contributed by atoms with E-state index in [1.54, 1.807) is 0 Å². The molecular formula is C19H34N4. The average Bonchev–Trinajstić information content (AvgIpc) is 2.98. The van der Waals surface area contributed by atoms with E-state index in [9.17, 15) is 0 Å². The third kappa shape index (κ3) is 5.47. The van der Waals surface area contributed by atoms with Crippen molar-refractivity contribution in [2.24, 2.45) is 0 Å². The molecule has 1 aromatic rings. The first-order valence-electron chi connectivity index (χ1n) is 9.29. The Kier molecular flexibility index (Phi) is 7.31. The lowest BCUT2D eigenvalue weighted by Gasteiger charge is -2.21. The highest BCUT2D eigenvalue weighted by molar-refractivity contribution is 5.37. The van der Waals surface area contributed by atoms with E-state index in [1.807, 2.05) is 0 Å². The lowest BCUT2D eigenvalue weighted by molar-refractivity contribution is 0.295. The highest BCUT2D eigenvalue weighted by atomic mass is 15.1. The zero-order chi connectivity index (χ0) is 16.7. The van der Waals surface area contributed by atoms with Crippen molar-refractivity contribution < 1.29 is 0 Å². The molecule has 0 radical (unpaired) electrons. The first-order chi connectivity index (χ1) is 11.1. The van der Waals surface area contributed by atoms with Crippen LogP contribution in [0.5, 0.6) is 0 Å². The monoisotopic (exact) mass is 318 g/mol. The summed E-state index contributed by atoms with van der Waals surface area (Å²) in [5, 5.41) is 3.54. The fraction of sp³-hybridized carbons (Fsp3) is 0.737. The van der Waals surface area contributed by atoms with Crippen LogP contribution in [-0.4, -0.2) is 54.1 Å². The fourth-order valence-corrected chi connectivity index (χ4v) is 3.50. The Morgan fingerprint density at radius 2 is 2.13 bits per heavy atom. The predicted molar refractivity (Wildman–Crippen MR) is 98.9 cm³/mol. The van der Waals surface area contributed by atoms with Crippen LogP contribution in [0.4, 0.5) is 5.82 Å². The summed E-state index contributed by atoms with van der Waals surface area (Å²) >= 11 is 0. The van der Waals surface area contributed by atoms with E-state index in [4.69, 9.17) is 0 Å². The Labute approximate surface area is 142 Å². The molecule has 0 spiro atoms. The lowest BCUT2D eigenvalue weighted by Crippen LogP contribution is -2.25.